The van der Waals surface area contributed by atoms with E-state index in [-0.39, 0.29) is 5.69 Å². The van der Waals surface area contributed by atoms with Gasteiger partial charge in [0, 0.05) is 0 Å². The predicted molar refractivity (Wildman–Crippen MR) is 61.8 cm³/mol. The van der Waals surface area contributed by atoms with Gasteiger partial charge in [-0.25, -0.2) is 14.0 Å². The molecule has 0 aromatic heterocycles. The van der Waals surface area contributed by atoms with Gasteiger partial charge in [0.2, 0.25) is 0 Å². The van der Waals surface area contributed by atoms with Crippen molar-refractivity contribution in [3.8, 4) is 0 Å². The van der Waals surface area contributed by atoms with Gasteiger partial charge in [0.05, 0.1) is 12.3 Å². The summed E-state index contributed by atoms with van der Waals surface area (Å²) in [4.78, 5) is 21.9. The maximum absolute atomic E-state index is 13.3. The lowest BCUT2D eigenvalue weighted by Crippen LogP contribution is -2.45. The Balaban J connectivity index is 2.70. The molecule has 98 valence electrons. The molecule has 0 aliphatic heterocycles. The molecular weight excluding hydrogens is 243 g/mol. The molecule has 0 saturated carbocycles. The van der Waals surface area contributed by atoms with E-state index in [4.69, 9.17) is 10.2 Å². The molecule has 0 bridgehead atoms. The Labute approximate surface area is 102 Å². The van der Waals surface area contributed by atoms with Crippen molar-refractivity contribution in [3.63, 3.8) is 0 Å². The standard InChI is InChI=1S/C11H13FN2O4/c1-6-2-3-7(12)8(4-6)13-11(18)14-9(5-15)10(16)17/h2-4,9,15H,5H2,1H3,(H,16,17)(H2,13,14,18)/t9-/m0/s1. The molecule has 0 aliphatic carbocycles. The van der Waals surface area contributed by atoms with Crippen LogP contribution < -0.4 is 10.6 Å². The molecule has 1 aromatic carbocycles. The molecule has 4 N–H and O–H groups in total. The molecule has 0 saturated heterocycles. The second-order valence-electron chi connectivity index (χ2n) is 3.66. The smallest absolute Gasteiger partial charge is 0.328 e. The van der Waals surface area contributed by atoms with Crippen molar-refractivity contribution in [2.75, 3.05) is 11.9 Å². The van der Waals surface area contributed by atoms with Crippen LogP contribution in [0.4, 0.5) is 14.9 Å². The number of anilines is 1. The number of aliphatic hydroxyl groups excluding tert-OH is 1. The van der Waals surface area contributed by atoms with E-state index in [1.807, 2.05) is 5.32 Å². The van der Waals surface area contributed by atoms with Crippen molar-refractivity contribution in [3.05, 3.63) is 29.6 Å². The lowest BCUT2D eigenvalue weighted by Gasteiger charge is -2.13. The van der Waals surface area contributed by atoms with E-state index in [0.717, 1.165) is 5.56 Å². The van der Waals surface area contributed by atoms with Crippen molar-refractivity contribution >= 4 is 17.7 Å². The molecule has 7 heteroatoms. The maximum atomic E-state index is 13.3. The first-order valence-corrected chi connectivity index (χ1v) is 5.11. The number of aliphatic hydroxyl groups is 1. The Kier molecular flexibility index (Phi) is 4.61. The highest BCUT2D eigenvalue weighted by atomic mass is 19.1. The van der Waals surface area contributed by atoms with Gasteiger partial charge in [-0.2, -0.15) is 0 Å². The Hall–Kier alpha value is -2.15. The molecule has 1 aromatic rings. The van der Waals surface area contributed by atoms with Crippen LogP contribution in [0.5, 0.6) is 0 Å². The molecule has 0 radical (unpaired) electrons. The summed E-state index contributed by atoms with van der Waals surface area (Å²) < 4.78 is 13.3. The first kappa shape index (κ1) is 13.9. The van der Waals surface area contributed by atoms with Gasteiger partial charge < -0.3 is 20.8 Å². The van der Waals surface area contributed by atoms with Crippen LogP contribution in [0.25, 0.3) is 0 Å². The van der Waals surface area contributed by atoms with Crippen molar-refractivity contribution in [2.45, 2.75) is 13.0 Å². The second-order valence-corrected chi connectivity index (χ2v) is 3.66. The molecule has 0 heterocycles. The fourth-order valence-electron chi connectivity index (χ4n) is 1.24. The molecule has 0 unspecified atom stereocenters. The van der Waals surface area contributed by atoms with Crippen molar-refractivity contribution in [2.24, 2.45) is 0 Å². The average Bonchev–Trinajstić information content (AvgIpc) is 2.30. The number of halogens is 1. The molecule has 1 rings (SSSR count). The monoisotopic (exact) mass is 256 g/mol. The molecule has 0 aliphatic rings. The summed E-state index contributed by atoms with van der Waals surface area (Å²) in [6, 6.07) is 1.79. The summed E-state index contributed by atoms with van der Waals surface area (Å²) in [5, 5.41) is 21.5. The highest BCUT2D eigenvalue weighted by Crippen LogP contribution is 2.15. The van der Waals surface area contributed by atoms with Crippen LogP contribution in [0.3, 0.4) is 0 Å². The van der Waals surface area contributed by atoms with Crippen molar-refractivity contribution in [1.82, 2.24) is 5.32 Å². The highest BCUT2D eigenvalue weighted by Gasteiger charge is 2.19. The van der Waals surface area contributed by atoms with Gasteiger partial charge in [-0.05, 0) is 24.6 Å². The first-order chi connectivity index (χ1) is 8.43. The minimum Gasteiger partial charge on any atom is -0.480 e. The summed E-state index contributed by atoms with van der Waals surface area (Å²) >= 11 is 0. The molecule has 6 nitrogen and oxygen atoms in total. The molecule has 1 atom stereocenters. The van der Waals surface area contributed by atoms with Gasteiger partial charge in [-0.1, -0.05) is 6.07 Å². The SMILES string of the molecule is Cc1ccc(F)c(NC(=O)N[C@@H](CO)C(=O)O)c1. The zero-order valence-electron chi connectivity index (χ0n) is 9.61. The van der Waals surface area contributed by atoms with E-state index in [1.165, 1.54) is 18.2 Å². The third kappa shape index (κ3) is 3.70. The van der Waals surface area contributed by atoms with E-state index >= 15 is 0 Å². The van der Waals surface area contributed by atoms with Crippen LogP contribution in [0, 0.1) is 12.7 Å². The Morgan fingerprint density at radius 1 is 1.44 bits per heavy atom. The summed E-state index contributed by atoms with van der Waals surface area (Å²) in [5.41, 5.74) is 0.679. The quantitative estimate of drug-likeness (QED) is 0.637. The number of hydrogen-bond acceptors (Lipinski definition) is 3. The number of amides is 2. The topological polar surface area (TPSA) is 98.7 Å². The summed E-state index contributed by atoms with van der Waals surface area (Å²) in [6.45, 7) is 0.968. The third-order valence-corrected chi connectivity index (χ3v) is 2.16. The maximum Gasteiger partial charge on any atom is 0.328 e. The predicted octanol–water partition coefficient (Wildman–Crippen LogP) is 0.701. The van der Waals surface area contributed by atoms with Gasteiger partial charge in [0.15, 0.2) is 6.04 Å². The van der Waals surface area contributed by atoms with Gasteiger partial charge in [-0.3, -0.25) is 0 Å². The van der Waals surface area contributed by atoms with E-state index in [2.05, 4.69) is 5.32 Å². The second kappa shape index (κ2) is 5.97. The number of benzene rings is 1. The molecule has 0 fully saturated rings. The fraction of sp³-hybridized carbons (Fsp3) is 0.273. The van der Waals surface area contributed by atoms with Gasteiger partial charge >= 0.3 is 12.0 Å². The van der Waals surface area contributed by atoms with Crippen molar-refractivity contribution in [1.29, 1.82) is 0 Å². The van der Waals surface area contributed by atoms with E-state index in [0.29, 0.717) is 0 Å². The largest absolute Gasteiger partial charge is 0.480 e. The Bertz CT molecular complexity index is 464. The molecular formula is C11H13FN2O4. The van der Waals surface area contributed by atoms with Gasteiger partial charge in [-0.15, -0.1) is 0 Å². The minimum absolute atomic E-state index is 0.0606. The average molecular weight is 256 g/mol. The number of hydrogen-bond donors (Lipinski definition) is 4. The number of aryl methyl sites for hydroxylation is 1. The first-order valence-electron chi connectivity index (χ1n) is 5.11. The zero-order valence-corrected chi connectivity index (χ0v) is 9.61. The van der Waals surface area contributed by atoms with Crippen LogP contribution in [-0.2, 0) is 4.79 Å². The molecule has 2 amide bonds. The molecule has 18 heavy (non-hydrogen) atoms. The van der Waals surface area contributed by atoms with E-state index in [1.54, 1.807) is 6.92 Å². The van der Waals surface area contributed by atoms with Gasteiger partial charge in [0.25, 0.3) is 0 Å². The summed E-state index contributed by atoms with van der Waals surface area (Å²) in [5.74, 6) is -2.01. The number of carbonyl (C=O) groups excluding carboxylic acids is 1. The van der Waals surface area contributed by atoms with Gasteiger partial charge in [0.1, 0.15) is 5.82 Å². The Morgan fingerprint density at radius 2 is 2.11 bits per heavy atom. The minimum atomic E-state index is -1.43. The number of urea groups is 1. The number of carboxylic acids is 1. The van der Waals surface area contributed by atoms with Crippen LogP contribution in [0.2, 0.25) is 0 Å². The summed E-state index contributed by atoms with van der Waals surface area (Å²) in [6.07, 6.45) is 0. The summed E-state index contributed by atoms with van der Waals surface area (Å²) in [7, 11) is 0. The lowest BCUT2D eigenvalue weighted by molar-refractivity contribution is -0.140. The van der Waals surface area contributed by atoms with Crippen LogP contribution in [0.15, 0.2) is 18.2 Å². The number of carboxylic acid groups (broad SMARTS) is 1. The number of nitrogens with one attached hydrogen (secondary N) is 2. The van der Waals surface area contributed by atoms with Crippen LogP contribution >= 0.6 is 0 Å². The fourth-order valence-corrected chi connectivity index (χ4v) is 1.24. The van der Waals surface area contributed by atoms with Crippen LogP contribution in [-0.4, -0.2) is 34.9 Å². The van der Waals surface area contributed by atoms with Crippen molar-refractivity contribution < 1.29 is 24.2 Å². The number of rotatable bonds is 4. The molecule has 0 spiro atoms. The third-order valence-electron chi connectivity index (χ3n) is 2.16. The number of aliphatic carboxylic acids is 1. The van der Waals surface area contributed by atoms with Crippen LogP contribution in [0.1, 0.15) is 5.56 Å². The lowest BCUT2D eigenvalue weighted by atomic mass is 10.2. The number of carbonyl (C=O) groups is 2. The van der Waals surface area contributed by atoms with E-state index in [9.17, 15) is 14.0 Å². The Morgan fingerprint density at radius 3 is 2.67 bits per heavy atom. The van der Waals surface area contributed by atoms with E-state index < -0.39 is 30.5 Å². The normalized spacial score (nSPS) is 11.7. The highest BCUT2D eigenvalue weighted by molar-refractivity contribution is 5.92. The zero-order chi connectivity index (χ0) is 13.7.